The molecule has 1 aromatic heterocycles. The van der Waals surface area contributed by atoms with Gasteiger partial charge in [-0.2, -0.15) is 0 Å². The van der Waals surface area contributed by atoms with Gasteiger partial charge in [0.05, 0.1) is 31.2 Å². The van der Waals surface area contributed by atoms with Crippen molar-refractivity contribution in [1.82, 2.24) is 4.98 Å². The lowest BCUT2D eigenvalue weighted by Gasteiger charge is -2.03. The number of hydrogen-bond acceptors (Lipinski definition) is 4. The van der Waals surface area contributed by atoms with Crippen LogP contribution in [0.5, 0.6) is 5.75 Å². The number of nitrogens with one attached hydrogen (secondary N) is 2. The van der Waals surface area contributed by atoms with Crippen LogP contribution in [0.2, 0.25) is 0 Å². The van der Waals surface area contributed by atoms with Crippen molar-refractivity contribution in [3.8, 4) is 17.6 Å². The van der Waals surface area contributed by atoms with Gasteiger partial charge >= 0.3 is 5.97 Å². The second-order valence-electron chi connectivity index (χ2n) is 5.93. The quantitative estimate of drug-likeness (QED) is 0.369. The maximum absolute atomic E-state index is 12.5. The van der Waals surface area contributed by atoms with E-state index in [2.05, 4.69) is 26.9 Å². The number of esters is 1. The molecule has 2 N–H and O–H groups in total. The highest BCUT2D eigenvalue weighted by atomic mass is 16.5. The molecule has 0 saturated heterocycles. The van der Waals surface area contributed by atoms with Gasteiger partial charge < -0.3 is 19.8 Å². The van der Waals surface area contributed by atoms with Crippen molar-refractivity contribution in [2.45, 2.75) is 19.3 Å². The van der Waals surface area contributed by atoms with Gasteiger partial charge in [0.15, 0.2) is 0 Å². The number of amides is 1. The van der Waals surface area contributed by atoms with Crippen LogP contribution in [0, 0.1) is 11.8 Å². The lowest BCUT2D eigenvalue weighted by atomic mass is 9.99. The third kappa shape index (κ3) is 4.04. The number of ether oxygens (including phenoxy) is 2. The largest absolute Gasteiger partial charge is 0.495 e. The smallest absolute Gasteiger partial charge is 0.305 e. The maximum Gasteiger partial charge on any atom is 0.305 e. The summed E-state index contributed by atoms with van der Waals surface area (Å²) in [6.45, 7) is 0. The number of carbonyl (C=O) groups is 2. The van der Waals surface area contributed by atoms with Gasteiger partial charge in [-0.1, -0.05) is 17.9 Å². The first-order chi connectivity index (χ1) is 13.1. The fourth-order valence-corrected chi connectivity index (χ4v) is 2.88. The Morgan fingerprint density at radius 1 is 1.26 bits per heavy atom. The van der Waals surface area contributed by atoms with Crippen molar-refractivity contribution < 1.29 is 19.1 Å². The summed E-state index contributed by atoms with van der Waals surface area (Å²) in [5, 5.41) is 2.87. The molecule has 0 unspecified atom stereocenters. The van der Waals surface area contributed by atoms with Crippen molar-refractivity contribution in [3.05, 3.63) is 47.3 Å². The summed E-state index contributed by atoms with van der Waals surface area (Å²) < 4.78 is 9.91. The second-order valence-corrected chi connectivity index (χ2v) is 5.93. The fourth-order valence-electron chi connectivity index (χ4n) is 2.88. The molecule has 1 aliphatic rings. The first-order valence-electron chi connectivity index (χ1n) is 8.57. The summed E-state index contributed by atoms with van der Waals surface area (Å²) in [6, 6.07) is 7.39. The van der Waals surface area contributed by atoms with Crippen LogP contribution in [0.15, 0.2) is 30.5 Å². The van der Waals surface area contributed by atoms with Crippen LogP contribution < -0.4 is 10.1 Å². The molecule has 0 atom stereocenters. The Balaban J connectivity index is 1.87. The van der Waals surface area contributed by atoms with Crippen molar-refractivity contribution >= 4 is 29.2 Å². The summed E-state index contributed by atoms with van der Waals surface area (Å²) in [4.78, 5) is 26.7. The number of H-pyrrole nitrogens is 1. The van der Waals surface area contributed by atoms with E-state index in [1.807, 2.05) is 18.2 Å². The molecule has 3 rings (SSSR count). The molecule has 0 saturated carbocycles. The number of methoxy groups -OCH3 is 2. The molecule has 0 spiro atoms. The van der Waals surface area contributed by atoms with Gasteiger partial charge in [0.2, 0.25) is 0 Å². The molecule has 6 nitrogen and oxygen atoms in total. The fraction of sp³-hybridized carbons (Fsp3) is 0.238. The number of anilines is 1. The van der Waals surface area contributed by atoms with Crippen LogP contribution in [-0.2, 0) is 14.3 Å². The highest BCUT2D eigenvalue weighted by Gasteiger charge is 2.26. The Labute approximate surface area is 157 Å². The Bertz CT molecular complexity index is 960. The normalized spacial score (nSPS) is 13.6. The predicted octanol–water partition coefficient (Wildman–Crippen LogP) is 3.21. The number of carbonyl (C=O) groups excluding carboxylic acids is 2. The van der Waals surface area contributed by atoms with Crippen LogP contribution in [0.3, 0.4) is 0 Å². The molecule has 0 aliphatic carbocycles. The molecule has 2 aromatic rings. The predicted molar refractivity (Wildman–Crippen MR) is 103 cm³/mol. The van der Waals surface area contributed by atoms with E-state index in [9.17, 15) is 9.59 Å². The van der Waals surface area contributed by atoms with Gasteiger partial charge in [0, 0.05) is 30.2 Å². The molecular formula is C21H20N2O4. The van der Waals surface area contributed by atoms with Gasteiger partial charge in [-0.05, 0) is 30.7 Å². The van der Waals surface area contributed by atoms with E-state index in [-0.39, 0.29) is 11.9 Å². The molecular weight excluding hydrogens is 344 g/mol. The van der Waals surface area contributed by atoms with Gasteiger partial charge in [-0.3, -0.25) is 9.59 Å². The van der Waals surface area contributed by atoms with Gasteiger partial charge in [-0.25, -0.2) is 0 Å². The summed E-state index contributed by atoms with van der Waals surface area (Å²) in [5.74, 6) is 6.43. The van der Waals surface area contributed by atoms with Gasteiger partial charge in [0.25, 0.3) is 5.91 Å². The minimum atomic E-state index is -0.239. The minimum Gasteiger partial charge on any atom is -0.495 e. The van der Waals surface area contributed by atoms with Crippen molar-refractivity contribution in [3.63, 3.8) is 0 Å². The molecule has 0 fully saturated rings. The zero-order valence-electron chi connectivity index (χ0n) is 15.2. The molecule has 6 heteroatoms. The SMILES string of the molecule is COC(=O)CCCC#Cc1cccc2c1C(=Cc1[nH]ccc1OC)C(=O)N2. The molecule has 2 heterocycles. The highest BCUT2D eigenvalue weighted by Crippen LogP contribution is 2.36. The van der Waals surface area contributed by atoms with E-state index in [0.29, 0.717) is 30.6 Å². The lowest BCUT2D eigenvalue weighted by Crippen LogP contribution is -2.03. The number of unbranched alkanes of at least 4 members (excludes halogenated alkanes) is 1. The van der Waals surface area contributed by atoms with Crippen LogP contribution in [0.25, 0.3) is 11.6 Å². The zero-order chi connectivity index (χ0) is 19.2. The van der Waals surface area contributed by atoms with Crippen LogP contribution >= 0.6 is 0 Å². The monoisotopic (exact) mass is 364 g/mol. The minimum absolute atomic E-state index is 0.179. The summed E-state index contributed by atoms with van der Waals surface area (Å²) in [6.07, 6.45) is 5.07. The number of hydrogen-bond donors (Lipinski definition) is 2. The average molecular weight is 364 g/mol. The van der Waals surface area contributed by atoms with Crippen molar-refractivity contribution in [1.29, 1.82) is 0 Å². The average Bonchev–Trinajstić information content (AvgIpc) is 3.25. The first kappa shape index (κ1) is 18.3. The number of aromatic nitrogens is 1. The van der Waals surface area contributed by atoms with E-state index in [0.717, 1.165) is 22.5 Å². The number of aromatic amines is 1. The molecule has 138 valence electrons. The molecule has 1 aromatic carbocycles. The summed E-state index contributed by atoms with van der Waals surface area (Å²) >= 11 is 0. The first-order valence-corrected chi connectivity index (χ1v) is 8.57. The number of fused-ring (bicyclic) bond motifs is 1. The zero-order valence-corrected chi connectivity index (χ0v) is 15.2. The topological polar surface area (TPSA) is 80.4 Å². The maximum atomic E-state index is 12.5. The third-order valence-electron chi connectivity index (χ3n) is 4.21. The van der Waals surface area contributed by atoms with E-state index in [4.69, 9.17) is 4.74 Å². The van der Waals surface area contributed by atoms with E-state index < -0.39 is 0 Å². The van der Waals surface area contributed by atoms with Crippen LogP contribution in [0.4, 0.5) is 5.69 Å². The second kappa shape index (κ2) is 8.28. The standard InChI is InChI=1S/C21H20N2O4/c1-26-18-11-12-22-17(18)13-15-20-14(7-4-3-5-10-19(24)27-2)8-6-9-16(20)23-21(15)25/h6,8-9,11-13,22H,3,5,10H2,1-2H3,(H,23,25). The Hall–Kier alpha value is -3.46. The number of benzene rings is 1. The van der Waals surface area contributed by atoms with Gasteiger partial charge in [-0.15, -0.1) is 0 Å². The van der Waals surface area contributed by atoms with Crippen LogP contribution in [-0.4, -0.2) is 31.1 Å². The molecule has 27 heavy (non-hydrogen) atoms. The Morgan fingerprint density at radius 3 is 2.89 bits per heavy atom. The van der Waals surface area contributed by atoms with Crippen molar-refractivity contribution in [2.75, 3.05) is 19.5 Å². The molecule has 0 radical (unpaired) electrons. The molecule has 0 bridgehead atoms. The Kier molecular flexibility index (Phi) is 5.62. The summed E-state index contributed by atoms with van der Waals surface area (Å²) in [7, 11) is 2.96. The van der Waals surface area contributed by atoms with Crippen LogP contribution in [0.1, 0.15) is 36.1 Å². The van der Waals surface area contributed by atoms with Crippen molar-refractivity contribution in [2.24, 2.45) is 0 Å². The van der Waals surface area contributed by atoms with E-state index in [1.165, 1.54) is 7.11 Å². The van der Waals surface area contributed by atoms with E-state index in [1.54, 1.807) is 25.4 Å². The molecule has 1 amide bonds. The highest BCUT2D eigenvalue weighted by molar-refractivity contribution is 6.35. The molecule has 1 aliphatic heterocycles. The summed E-state index contributed by atoms with van der Waals surface area (Å²) in [5.41, 5.74) is 3.53. The number of rotatable bonds is 5. The van der Waals surface area contributed by atoms with Gasteiger partial charge in [0.1, 0.15) is 5.75 Å². The third-order valence-corrected chi connectivity index (χ3v) is 4.21. The lowest BCUT2D eigenvalue weighted by molar-refractivity contribution is -0.140. The Morgan fingerprint density at radius 2 is 2.11 bits per heavy atom. The van der Waals surface area contributed by atoms with E-state index >= 15 is 0 Å².